The second-order valence-corrected chi connectivity index (χ2v) is 5.83. The molecule has 2 aromatic rings. The Bertz CT molecular complexity index is 712. The lowest BCUT2D eigenvalue weighted by atomic mass is 10.2. The first-order valence-corrected chi connectivity index (χ1v) is 7.00. The zero-order valence-corrected chi connectivity index (χ0v) is 11.7. The Morgan fingerprint density at radius 3 is 2.58 bits per heavy atom. The molecule has 0 saturated carbocycles. The summed E-state index contributed by atoms with van der Waals surface area (Å²) in [7, 11) is -1.77. The highest BCUT2D eigenvalue weighted by molar-refractivity contribution is 7.85. The third-order valence-corrected chi connectivity index (χ3v) is 4.53. The Hall–Kier alpha value is -1.41. The van der Waals surface area contributed by atoms with Crippen LogP contribution in [-0.4, -0.2) is 4.21 Å². The molecule has 2 nitrogen and oxygen atoms in total. The van der Waals surface area contributed by atoms with E-state index in [1.54, 1.807) is 12.1 Å². The van der Waals surface area contributed by atoms with Crippen LogP contribution in [0.5, 0.6) is 0 Å². The molecule has 1 atom stereocenters. The van der Waals surface area contributed by atoms with Gasteiger partial charge in [0, 0.05) is 5.02 Å². The van der Waals surface area contributed by atoms with Gasteiger partial charge in [-0.15, -0.1) is 0 Å². The number of nitrogens with zero attached hydrogens (tertiary/aromatic N) is 1. The van der Waals surface area contributed by atoms with Crippen molar-refractivity contribution in [3.63, 3.8) is 0 Å². The molecule has 96 valence electrons. The van der Waals surface area contributed by atoms with E-state index in [9.17, 15) is 8.60 Å². The van der Waals surface area contributed by atoms with E-state index in [-0.39, 0.29) is 20.4 Å². The van der Waals surface area contributed by atoms with Gasteiger partial charge in [-0.3, -0.25) is 0 Å². The first-order valence-electron chi connectivity index (χ1n) is 5.10. The lowest BCUT2D eigenvalue weighted by Gasteiger charge is -2.07. The summed E-state index contributed by atoms with van der Waals surface area (Å²) in [5.74, 6) is -0.716. The van der Waals surface area contributed by atoms with Crippen LogP contribution in [0.3, 0.4) is 0 Å². The predicted molar refractivity (Wildman–Crippen MR) is 72.3 cm³/mol. The van der Waals surface area contributed by atoms with E-state index in [0.717, 1.165) is 6.07 Å². The topological polar surface area (TPSA) is 40.9 Å². The fraction of sp³-hybridized carbons (Fsp3) is 0. The van der Waals surface area contributed by atoms with Crippen molar-refractivity contribution in [1.29, 1.82) is 5.26 Å². The lowest BCUT2D eigenvalue weighted by molar-refractivity contribution is 0.618. The predicted octanol–water partition coefficient (Wildman–Crippen LogP) is 4.17. The Morgan fingerprint density at radius 1 is 1.16 bits per heavy atom. The Morgan fingerprint density at radius 2 is 1.89 bits per heavy atom. The summed E-state index contributed by atoms with van der Waals surface area (Å²) in [5, 5.41) is 9.55. The standard InChI is InChI=1S/C13H6Cl2FNOS/c14-8-4-5-10(15)13(6-8)19(18)12-3-1-2-11(16)9(12)7-17/h1-6H. The number of halogens is 3. The molecule has 0 N–H and O–H groups in total. The molecule has 0 aromatic heterocycles. The summed E-state index contributed by atoms with van der Waals surface area (Å²) in [4.78, 5) is 0.322. The molecule has 1 unspecified atom stereocenters. The third-order valence-electron chi connectivity index (χ3n) is 2.38. The van der Waals surface area contributed by atoms with E-state index in [0.29, 0.717) is 5.02 Å². The van der Waals surface area contributed by atoms with Gasteiger partial charge in [0.2, 0.25) is 0 Å². The molecule has 0 aliphatic heterocycles. The fourth-order valence-electron chi connectivity index (χ4n) is 1.51. The van der Waals surface area contributed by atoms with Crippen LogP contribution in [-0.2, 0) is 10.8 Å². The van der Waals surface area contributed by atoms with Gasteiger partial charge in [-0.25, -0.2) is 8.60 Å². The van der Waals surface area contributed by atoms with E-state index >= 15 is 0 Å². The van der Waals surface area contributed by atoms with Crippen molar-refractivity contribution in [2.75, 3.05) is 0 Å². The van der Waals surface area contributed by atoms with Crippen molar-refractivity contribution >= 4 is 34.0 Å². The van der Waals surface area contributed by atoms with Gasteiger partial charge in [0.15, 0.2) is 0 Å². The minimum absolute atomic E-state index is 0.0756. The molecular formula is C13H6Cl2FNOS. The van der Waals surface area contributed by atoms with Crippen molar-refractivity contribution < 1.29 is 8.60 Å². The first-order chi connectivity index (χ1) is 9.04. The normalized spacial score (nSPS) is 11.9. The molecule has 0 amide bonds. The highest BCUT2D eigenvalue weighted by atomic mass is 35.5. The van der Waals surface area contributed by atoms with E-state index in [4.69, 9.17) is 28.5 Å². The van der Waals surface area contributed by atoms with Gasteiger partial charge >= 0.3 is 0 Å². The number of rotatable bonds is 2. The van der Waals surface area contributed by atoms with Crippen LogP contribution in [0, 0.1) is 17.1 Å². The monoisotopic (exact) mass is 313 g/mol. The number of hydrogen-bond acceptors (Lipinski definition) is 2. The molecular weight excluding hydrogens is 308 g/mol. The molecule has 0 spiro atoms. The zero-order valence-electron chi connectivity index (χ0n) is 9.36. The first kappa shape index (κ1) is 14.0. The Balaban J connectivity index is 2.60. The maximum absolute atomic E-state index is 13.5. The second-order valence-electron chi connectivity index (χ2n) is 3.57. The summed E-state index contributed by atoms with van der Waals surface area (Å²) in [6.07, 6.45) is 0. The minimum atomic E-state index is -1.77. The van der Waals surface area contributed by atoms with Gasteiger partial charge in [0.25, 0.3) is 0 Å². The van der Waals surface area contributed by atoms with Crippen molar-refractivity contribution in [1.82, 2.24) is 0 Å². The zero-order chi connectivity index (χ0) is 14.0. The molecule has 0 radical (unpaired) electrons. The second kappa shape index (κ2) is 5.70. The summed E-state index contributed by atoms with van der Waals surface area (Å²) >= 11 is 11.8. The highest BCUT2D eigenvalue weighted by Crippen LogP contribution is 2.29. The van der Waals surface area contributed by atoms with Gasteiger partial charge in [0.05, 0.1) is 25.6 Å². The average molecular weight is 314 g/mol. The summed E-state index contributed by atoms with van der Waals surface area (Å²) in [6, 6.07) is 10.2. The maximum Gasteiger partial charge on any atom is 0.142 e. The van der Waals surface area contributed by atoms with Gasteiger partial charge in [-0.1, -0.05) is 29.3 Å². The van der Waals surface area contributed by atoms with E-state index in [1.807, 2.05) is 0 Å². The molecule has 0 fully saturated rings. The van der Waals surface area contributed by atoms with E-state index < -0.39 is 16.6 Å². The molecule has 0 aliphatic rings. The molecule has 6 heteroatoms. The van der Waals surface area contributed by atoms with Crippen LogP contribution in [0.25, 0.3) is 0 Å². The molecule has 0 heterocycles. The smallest absolute Gasteiger partial charge is 0.142 e. The molecule has 19 heavy (non-hydrogen) atoms. The highest BCUT2D eigenvalue weighted by Gasteiger charge is 2.17. The van der Waals surface area contributed by atoms with Crippen LogP contribution in [0.1, 0.15) is 5.56 Å². The summed E-state index contributed by atoms with van der Waals surface area (Å²) in [6.45, 7) is 0. The molecule has 2 rings (SSSR count). The van der Waals surface area contributed by atoms with Crippen molar-refractivity contribution in [2.45, 2.75) is 9.79 Å². The molecule has 0 saturated heterocycles. The van der Waals surface area contributed by atoms with Gasteiger partial charge in [0.1, 0.15) is 17.4 Å². The summed E-state index contributed by atoms with van der Waals surface area (Å²) < 4.78 is 25.9. The van der Waals surface area contributed by atoms with Crippen molar-refractivity contribution in [3.05, 3.63) is 57.8 Å². The third kappa shape index (κ3) is 2.79. The van der Waals surface area contributed by atoms with Gasteiger partial charge in [-0.05, 0) is 30.3 Å². The lowest BCUT2D eigenvalue weighted by Crippen LogP contribution is -1.99. The van der Waals surface area contributed by atoms with Crippen LogP contribution in [0.4, 0.5) is 4.39 Å². The van der Waals surface area contributed by atoms with Crippen LogP contribution < -0.4 is 0 Å². The number of nitriles is 1. The fourth-order valence-corrected chi connectivity index (χ4v) is 3.32. The average Bonchev–Trinajstić information content (AvgIpc) is 2.40. The number of benzene rings is 2. The Kier molecular flexibility index (Phi) is 4.20. The molecule has 0 bridgehead atoms. The van der Waals surface area contributed by atoms with E-state index in [2.05, 4.69) is 0 Å². The minimum Gasteiger partial charge on any atom is -0.249 e. The summed E-state index contributed by atoms with van der Waals surface area (Å²) in [5.41, 5.74) is -0.253. The van der Waals surface area contributed by atoms with Crippen LogP contribution in [0.15, 0.2) is 46.2 Å². The maximum atomic E-state index is 13.5. The SMILES string of the molecule is N#Cc1c(F)cccc1S(=O)c1cc(Cl)ccc1Cl. The van der Waals surface area contributed by atoms with Crippen molar-refractivity contribution in [2.24, 2.45) is 0 Å². The number of hydrogen-bond donors (Lipinski definition) is 0. The van der Waals surface area contributed by atoms with Gasteiger partial charge < -0.3 is 0 Å². The quantitative estimate of drug-likeness (QED) is 0.834. The largest absolute Gasteiger partial charge is 0.249 e. The van der Waals surface area contributed by atoms with Crippen LogP contribution >= 0.6 is 23.2 Å². The van der Waals surface area contributed by atoms with Crippen LogP contribution in [0.2, 0.25) is 10.0 Å². The van der Waals surface area contributed by atoms with E-state index in [1.165, 1.54) is 24.3 Å². The molecule has 2 aromatic carbocycles. The Labute approximate surface area is 121 Å². The molecule has 0 aliphatic carbocycles. The van der Waals surface area contributed by atoms with Gasteiger partial charge in [-0.2, -0.15) is 5.26 Å². The van der Waals surface area contributed by atoms with Crippen molar-refractivity contribution in [3.8, 4) is 6.07 Å².